The number of nitrogens with one attached hydrogen (secondary N) is 3. The first-order valence-corrected chi connectivity index (χ1v) is 33.4. The minimum Gasteiger partial charge on any atom is -0.481 e. The summed E-state index contributed by atoms with van der Waals surface area (Å²) in [4.78, 5) is 181. The Hall–Kier alpha value is -7.11. The second-order valence-electron chi connectivity index (χ2n) is 26.6. The van der Waals surface area contributed by atoms with Crippen molar-refractivity contribution in [2.45, 2.75) is 201 Å². The van der Waals surface area contributed by atoms with Gasteiger partial charge in [0.2, 0.25) is 29.4 Å². The lowest BCUT2D eigenvalue weighted by molar-refractivity contribution is -0.149. The number of likely N-dealkylation sites (tertiary alicyclic amines) is 1. The maximum atomic E-state index is 14.6. The molecule has 0 spiro atoms. The van der Waals surface area contributed by atoms with Crippen LogP contribution in [0.5, 0.6) is 5.75 Å². The summed E-state index contributed by atoms with van der Waals surface area (Å²) >= 11 is 0. The first kappa shape index (κ1) is 80.3. The van der Waals surface area contributed by atoms with Gasteiger partial charge in [0.25, 0.3) is 5.91 Å². The van der Waals surface area contributed by atoms with Gasteiger partial charge in [-0.1, -0.05) is 67.9 Å². The minimum atomic E-state index is -1.33. The first-order chi connectivity index (χ1) is 44.8. The lowest BCUT2D eigenvalue weighted by Gasteiger charge is -2.41. The van der Waals surface area contributed by atoms with E-state index in [0.717, 1.165) is 0 Å². The molecule has 1 aromatic rings. The van der Waals surface area contributed by atoms with Crippen LogP contribution in [0.25, 0.3) is 0 Å². The summed E-state index contributed by atoms with van der Waals surface area (Å²) in [6.45, 7) is 16.5. The zero-order valence-corrected chi connectivity index (χ0v) is 58.2. The highest BCUT2D eigenvalue weighted by atomic mass is 16.5. The minimum absolute atomic E-state index is 0.0206. The van der Waals surface area contributed by atoms with Gasteiger partial charge in [0, 0.05) is 110 Å². The molecule has 3 aliphatic rings. The summed E-state index contributed by atoms with van der Waals surface area (Å²) in [5, 5.41) is 18.4. The molecule has 528 valence electrons. The van der Waals surface area contributed by atoms with Gasteiger partial charge in [-0.15, -0.1) is 0 Å². The number of likely N-dealkylation sites (N-methyl/N-ethyl adjacent to an activating group) is 2. The van der Waals surface area contributed by atoms with Crippen molar-refractivity contribution in [2.24, 2.45) is 47.3 Å². The molecule has 2 unspecified atom stereocenters. The van der Waals surface area contributed by atoms with Gasteiger partial charge >= 0.3 is 11.9 Å². The number of ketones is 6. The number of anilines is 1. The fraction of sp³-hybridized carbons (Fsp3) is 0.700. The Morgan fingerprint density at radius 2 is 1.40 bits per heavy atom. The Morgan fingerprint density at radius 3 is 2.00 bits per heavy atom. The maximum Gasteiger partial charge on any atom is 0.313 e. The highest BCUT2D eigenvalue weighted by Gasteiger charge is 2.44. The molecule has 1 fully saturated rings. The number of hydrogen-bond donors (Lipinski definition) is 4. The molecule has 95 heavy (non-hydrogen) atoms. The Balaban J connectivity index is 1.53. The number of carbonyl (C=O) groups is 13. The highest BCUT2D eigenvalue weighted by Crippen LogP contribution is 2.34. The number of benzene rings is 1. The summed E-state index contributed by atoms with van der Waals surface area (Å²) in [6, 6.07) is 0.384. The molecular formula is C70H104N6O19. The molecule has 0 radical (unpaired) electrons. The van der Waals surface area contributed by atoms with E-state index in [1.54, 1.807) is 23.8 Å². The standard InChI is InChI=1S/C70H104N6O19/c1-15-42(6)66(75(12)69(88)49(40(2)3)38-57(82)65(41(4)5)74(10)11)59(91-13)39-62(85)76-28-16-19-52(76)67(92-14)44(8)55(80)36-47(70(89)90)34-46-22-24-58-51(35-46)72-68(87)43(7)33-56(81)45(9)71-61(84)26-31-93-30-18-21-54(79)64-50(37-48(77)23-25-60(83)73-64)53(78)20-17-29-94-32-27-63(86)95-58/h22,24,35,40-45,47,49-50,52,59,64-67H,15-21,26-34,36-39H2,1-14H3,(H,71,84)(H,72,87)(H,73,83)(H,89,90)/t42-,43+,44-,45-,47+,49-,50?,52-,59+,64?,65-,66-,67+/m0/s1. The van der Waals surface area contributed by atoms with Crippen molar-refractivity contribution in [1.29, 1.82) is 0 Å². The molecular weight excluding hydrogens is 1230 g/mol. The van der Waals surface area contributed by atoms with Crippen LogP contribution in [0.4, 0.5) is 5.69 Å². The van der Waals surface area contributed by atoms with Crippen molar-refractivity contribution in [3.05, 3.63) is 23.8 Å². The summed E-state index contributed by atoms with van der Waals surface area (Å²) < 4.78 is 29.0. The Labute approximate surface area is 559 Å². The monoisotopic (exact) mass is 1330 g/mol. The van der Waals surface area contributed by atoms with E-state index in [1.165, 1.54) is 46.3 Å². The fourth-order valence-corrected chi connectivity index (χ4v) is 13.0. The molecule has 25 nitrogen and oxygen atoms in total. The third-order valence-electron chi connectivity index (χ3n) is 18.6. The molecule has 4 rings (SSSR count). The van der Waals surface area contributed by atoms with Gasteiger partial charge in [-0.25, -0.2) is 0 Å². The first-order valence-electron chi connectivity index (χ1n) is 33.4. The molecule has 3 aliphatic heterocycles. The quantitative estimate of drug-likeness (QED) is 0.0475. The summed E-state index contributed by atoms with van der Waals surface area (Å²) in [6.07, 6.45) is -1.81. The number of nitrogens with zero attached hydrogens (tertiary/aromatic N) is 3. The van der Waals surface area contributed by atoms with Gasteiger partial charge in [-0.3, -0.25) is 67.2 Å². The molecule has 0 aromatic heterocycles. The zero-order valence-electron chi connectivity index (χ0n) is 58.2. The van der Waals surface area contributed by atoms with Crippen LogP contribution in [0.2, 0.25) is 0 Å². The lowest BCUT2D eigenvalue weighted by Crippen LogP contribution is -2.54. The molecule has 5 amide bonds. The van der Waals surface area contributed by atoms with Crippen LogP contribution in [-0.4, -0.2) is 207 Å². The van der Waals surface area contributed by atoms with Gasteiger partial charge in [0.05, 0.1) is 86.0 Å². The van der Waals surface area contributed by atoms with Crippen molar-refractivity contribution in [1.82, 2.24) is 25.3 Å². The molecule has 1 aromatic carbocycles. The van der Waals surface area contributed by atoms with Crippen LogP contribution < -0.4 is 20.7 Å². The normalized spacial score (nSPS) is 23.2. The summed E-state index contributed by atoms with van der Waals surface area (Å²) in [5.41, 5.74) is 0.255. The molecule has 13 atom stereocenters. The second-order valence-corrected chi connectivity index (χ2v) is 26.6. The van der Waals surface area contributed by atoms with Crippen LogP contribution in [0.3, 0.4) is 0 Å². The topological polar surface area (TPSA) is 334 Å². The van der Waals surface area contributed by atoms with E-state index in [-0.39, 0.29) is 143 Å². The number of aliphatic carboxylic acids is 1. The number of ether oxygens (including phenoxy) is 5. The lowest BCUT2D eigenvalue weighted by atomic mass is 9.83. The SMILES string of the molecule is CC[C@H](C)[C@@H]([C@@H](CC(=O)N1CCC[C@H]1[C@H](OC)[C@@H](C)C(=O)C[C@@H](Cc1ccc2c(c1)NC(=O)[C@H](C)CC(=O)[C@H](C)NC(=O)CCOCCCC(=O)C1NC(=O)C#CC(=O)CC1C(=O)CCCOCCC(=O)O2)C(=O)O)OC)N(C)C(=O)[C@@H](CC(=O)[C@H](C(C)C)N(C)C)C(C)C. The predicted octanol–water partition coefficient (Wildman–Crippen LogP) is 5.17. The number of carbonyl (C=O) groups excluding carboxylic acids is 12. The van der Waals surface area contributed by atoms with Crippen LogP contribution in [0.1, 0.15) is 158 Å². The molecule has 0 aliphatic carbocycles. The summed E-state index contributed by atoms with van der Waals surface area (Å²) in [7, 11) is 8.35. The highest BCUT2D eigenvalue weighted by molar-refractivity contribution is 6.09. The maximum absolute atomic E-state index is 14.6. The Kier molecular flexibility index (Phi) is 33.1. The van der Waals surface area contributed by atoms with Crippen molar-refractivity contribution in [3.8, 4) is 17.6 Å². The van der Waals surface area contributed by atoms with E-state index < -0.39 is 137 Å². The van der Waals surface area contributed by atoms with Crippen LogP contribution in [0.15, 0.2) is 18.2 Å². The Morgan fingerprint density at radius 1 is 0.747 bits per heavy atom. The van der Waals surface area contributed by atoms with Crippen molar-refractivity contribution >= 4 is 81.9 Å². The zero-order chi connectivity index (χ0) is 71.0. The molecule has 25 heteroatoms. The molecule has 0 bridgehead atoms. The second kappa shape index (κ2) is 39.2. The number of hydrogen-bond acceptors (Lipinski definition) is 19. The molecule has 3 heterocycles. The van der Waals surface area contributed by atoms with Gasteiger partial charge < -0.3 is 54.5 Å². The van der Waals surface area contributed by atoms with Gasteiger partial charge in [-0.05, 0) is 94.5 Å². The predicted molar refractivity (Wildman–Crippen MR) is 350 cm³/mol. The third kappa shape index (κ3) is 24.2. The van der Waals surface area contributed by atoms with E-state index >= 15 is 0 Å². The van der Waals surface area contributed by atoms with Gasteiger partial charge in [-0.2, -0.15) is 0 Å². The molecule has 1 saturated heterocycles. The number of fused-ring (bicyclic) bond motifs is 2. The number of carboxylic acids is 1. The smallest absolute Gasteiger partial charge is 0.313 e. The number of carboxylic acid groups (broad SMARTS) is 1. The number of amides is 5. The van der Waals surface area contributed by atoms with Crippen molar-refractivity contribution < 1.29 is 91.1 Å². The fourth-order valence-electron chi connectivity index (χ4n) is 13.0. The number of Topliss-reactive ketones (excluding diaryl/α,β-unsaturated/α-hetero) is 6. The van der Waals surface area contributed by atoms with Crippen LogP contribution >= 0.6 is 0 Å². The van der Waals surface area contributed by atoms with Crippen LogP contribution in [-0.2, 0) is 87.7 Å². The van der Waals surface area contributed by atoms with E-state index in [0.29, 0.717) is 31.4 Å². The van der Waals surface area contributed by atoms with Crippen molar-refractivity contribution in [3.63, 3.8) is 0 Å². The van der Waals surface area contributed by atoms with Crippen molar-refractivity contribution in [2.75, 3.05) is 73.7 Å². The largest absolute Gasteiger partial charge is 0.481 e. The third-order valence-corrected chi connectivity index (χ3v) is 18.6. The number of esters is 1. The molecule has 0 saturated carbocycles. The number of methoxy groups -OCH3 is 2. The van der Waals surface area contributed by atoms with E-state index in [2.05, 4.69) is 27.8 Å². The van der Waals surface area contributed by atoms with E-state index in [1.807, 2.05) is 60.5 Å². The average molecular weight is 1330 g/mol. The van der Waals surface area contributed by atoms with E-state index in [9.17, 15) is 67.4 Å². The Bertz CT molecular complexity index is 2940. The summed E-state index contributed by atoms with van der Waals surface area (Å²) in [5.74, 6) is -8.49. The van der Waals surface area contributed by atoms with Crippen LogP contribution in [0, 0.1) is 59.2 Å². The molecule has 4 N–H and O–H groups in total. The van der Waals surface area contributed by atoms with Gasteiger partial charge in [0.1, 0.15) is 11.6 Å². The average Bonchev–Trinajstić information content (AvgIpc) is 1.81. The van der Waals surface area contributed by atoms with Gasteiger partial charge in [0.15, 0.2) is 23.1 Å². The number of rotatable bonds is 23. The van der Waals surface area contributed by atoms with E-state index in [4.69, 9.17) is 23.7 Å².